The zero-order valence-electron chi connectivity index (χ0n) is 12.0. The van der Waals surface area contributed by atoms with Crippen molar-refractivity contribution in [3.63, 3.8) is 0 Å². The van der Waals surface area contributed by atoms with Gasteiger partial charge in [0.15, 0.2) is 0 Å². The summed E-state index contributed by atoms with van der Waals surface area (Å²) in [6.45, 7) is 4.13. The van der Waals surface area contributed by atoms with Gasteiger partial charge < -0.3 is 9.32 Å². The minimum atomic E-state index is 0.0405. The fraction of sp³-hybridized carbons (Fsp3) is 0.688. The molecule has 2 fully saturated rings. The Morgan fingerprint density at radius 3 is 2.80 bits per heavy atom. The lowest BCUT2D eigenvalue weighted by Crippen LogP contribution is -2.51. The number of carbonyl (C=O) groups is 1. The van der Waals surface area contributed by atoms with Gasteiger partial charge in [0, 0.05) is 13.1 Å². The average molecular weight is 340 g/mol. The first kappa shape index (κ1) is 14.2. The fourth-order valence-corrected chi connectivity index (χ4v) is 4.31. The molecule has 1 aromatic heterocycles. The Labute approximate surface area is 128 Å². The van der Waals surface area contributed by atoms with E-state index in [0.29, 0.717) is 11.2 Å². The van der Waals surface area contributed by atoms with E-state index in [1.54, 1.807) is 12.3 Å². The Morgan fingerprint density at radius 2 is 2.15 bits per heavy atom. The van der Waals surface area contributed by atoms with Crippen molar-refractivity contribution in [1.82, 2.24) is 4.90 Å². The Bertz CT molecular complexity index is 490. The van der Waals surface area contributed by atoms with Gasteiger partial charge in [-0.3, -0.25) is 4.79 Å². The Balaban J connectivity index is 1.78. The molecular formula is C16H22BrNO2. The first-order valence-corrected chi connectivity index (χ1v) is 8.44. The number of amides is 1. The van der Waals surface area contributed by atoms with Crippen LogP contribution in [0.15, 0.2) is 21.2 Å². The summed E-state index contributed by atoms with van der Waals surface area (Å²) in [5, 5.41) is 0. The highest BCUT2D eigenvalue weighted by molar-refractivity contribution is 9.10. The van der Waals surface area contributed by atoms with Crippen LogP contribution < -0.4 is 0 Å². The van der Waals surface area contributed by atoms with E-state index in [4.69, 9.17) is 4.42 Å². The molecule has 1 amide bonds. The molecule has 1 saturated heterocycles. The van der Waals surface area contributed by atoms with Crippen molar-refractivity contribution < 1.29 is 9.21 Å². The molecule has 20 heavy (non-hydrogen) atoms. The van der Waals surface area contributed by atoms with E-state index in [0.717, 1.165) is 29.9 Å². The monoisotopic (exact) mass is 339 g/mol. The molecule has 3 nitrogen and oxygen atoms in total. The lowest BCUT2D eigenvalue weighted by atomic mass is 9.63. The van der Waals surface area contributed by atoms with Crippen LogP contribution in [0.5, 0.6) is 0 Å². The number of likely N-dealkylation sites (tertiary alicyclic amines) is 1. The molecule has 110 valence electrons. The van der Waals surface area contributed by atoms with E-state index < -0.39 is 0 Å². The molecule has 0 aromatic carbocycles. The zero-order chi connectivity index (χ0) is 14.2. The number of hydrogen-bond acceptors (Lipinski definition) is 2. The third-order valence-electron chi connectivity index (χ3n) is 5.33. The highest BCUT2D eigenvalue weighted by atomic mass is 79.9. The first-order valence-electron chi connectivity index (χ1n) is 7.65. The van der Waals surface area contributed by atoms with Crippen LogP contribution in [0.2, 0.25) is 0 Å². The molecular weight excluding hydrogens is 318 g/mol. The van der Waals surface area contributed by atoms with Gasteiger partial charge in [0.1, 0.15) is 0 Å². The van der Waals surface area contributed by atoms with Crippen LogP contribution in [0.3, 0.4) is 0 Å². The van der Waals surface area contributed by atoms with Crippen molar-refractivity contribution in [2.75, 3.05) is 13.1 Å². The maximum atomic E-state index is 12.6. The molecule has 0 bridgehead atoms. The SMILES string of the molecule is C[C@@H]1CCN(C(=O)c2occc2Br)CC12CCCCC2. The number of halogens is 1. The predicted molar refractivity (Wildman–Crippen MR) is 81.6 cm³/mol. The normalized spacial score (nSPS) is 25.9. The number of hydrogen-bond donors (Lipinski definition) is 0. The number of furan rings is 1. The standard InChI is InChI=1S/C16H22BrNO2/c1-12-5-9-18(11-16(12)7-3-2-4-8-16)15(19)14-13(17)6-10-20-14/h6,10,12H,2-5,7-9,11H2,1H3/t12-/m1/s1. The van der Waals surface area contributed by atoms with Crippen molar-refractivity contribution >= 4 is 21.8 Å². The molecule has 1 aliphatic heterocycles. The molecule has 1 atom stereocenters. The minimum Gasteiger partial charge on any atom is -0.458 e. The summed E-state index contributed by atoms with van der Waals surface area (Å²) in [5.74, 6) is 1.22. The Kier molecular flexibility index (Phi) is 3.93. The molecule has 1 spiro atoms. The van der Waals surface area contributed by atoms with E-state index >= 15 is 0 Å². The minimum absolute atomic E-state index is 0.0405. The van der Waals surface area contributed by atoms with Crippen molar-refractivity contribution in [3.8, 4) is 0 Å². The fourth-order valence-electron chi connectivity index (χ4n) is 3.94. The third kappa shape index (κ3) is 2.43. The molecule has 3 rings (SSSR count). The smallest absolute Gasteiger partial charge is 0.290 e. The van der Waals surface area contributed by atoms with Gasteiger partial charge in [-0.15, -0.1) is 0 Å². The van der Waals surface area contributed by atoms with Gasteiger partial charge in [-0.2, -0.15) is 0 Å². The van der Waals surface area contributed by atoms with E-state index in [9.17, 15) is 4.79 Å². The molecule has 0 unspecified atom stereocenters. The Morgan fingerprint density at radius 1 is 1.40 bits per heavy atom. The summed E-state index contributed by atoms with van der Waals surface area (Å²) < 4.78 is 6.11. The summed E-state index contributed by atoms with van der Waals surface area (Å²) in [4.78, 5) is 14.6. The summed E-state index contributed by atoms with van der Waals surface area (Å²) in [5.41, 5.74) is 0.352. The van der Waals surface area contributed by atoms with Crippen LogP contribution >= 0.6 is 15.9 Å². The van der Waals surface area contributed by atoms with Crippen LogP contribution in [0.1, 0.15) is 56.0 Å². The van der Waals surface area contributed by atoms with Gasteiger partial charge in [0.2, 0.25) is 5.76 Å². The Hall–Kier alpha value is -0.770. The van der Waals surface area contributed by atoms with Crippen molar-refractivity contribution in [2.45, 2.75) is 45.4 Å². The largest absolute Gasteiger partial charge is 0.458 e. The molecule has 4 heteroatoms. The topological polar surface area (TPSA) is 33.5 Å². The summed E-state index contributed by atoms with van der Waals surface area (Å²) in [6, 6.07) is 1.79. The highest BCUT2D eigenvalue weighted by Crippen LogP contribution is 2.47. The van der Waals surface area contributed by atoms with Gasteiger partial charge in [-0.1, -0.05) is 26.2 Å². The maximum Gasteiger partial charge on any atom is 0.290 e. The average Bonchev–Trinajstić information content (AvgIpc) is 2.88. The molecule has 0 N–H and O–H groups in total. The number of piperidine rings is 1. The van der Waals surface area contributed by atoms with Gasteiger partial charge in [0.25, 0.3) is 5.91 Å². The van der Waals surface area contributed by atoms with E-state index in [-0.39, 0.29) is 5.91 Å². The molecule has 1 aromatic rings. The summed E-state index contributed by atoms with van der Waals surface area (Å²) in [7, 11) is 0. The van der Waals surface area contributed by atoms with Crippen molar-refractivity contribution in [2.24, 2.45) is 11.3 Å². The van der Waals surface area contributed by atoms with Gasteiger partial charge in [0.05, 0.1) is 10.7 Å². The third-order valence-corrected chi connectivity index (χ3v) is 5.96. The predicted octanol–water partition coefficient (Wildman–Crippen LogP) is 4.47. The van der Waals surface area contributed by atoms with Crippen LogP contribution in [-0.2, 0) is 0 Å². The maximum absolute atomic E-state index is 12.6. The van der Waals surface area contributed by atoms with Gasteiger partial charge >= 0.3 is 0 Å². The molecule has 0 radical (unpaired) electrons. The van der Waals surface area contributed by atoms with Crippen LogP contribution in [0.4, 0.5) is 0 Å². The second-order valence-electron chi connectivity index (χ2n) is 6.44. The summed E-state index contributed by atoms with van der Waals surface area (Å²) in [6.07, 6.45) is 9.22. The van der Waals surface area contributed by atoms with Crippen molar-refractivity contribution in [3.05, 3.63) is 22.6 Å². The highest BCUT2D eigenvalue weighted by Gasteiger charge is 2.43. The lowest BCUT2D eigenvalue weighted by Gasteiger charge is -2.49. The molecule has 1 aliphatic carbocycles. The first-order chi connectivity index (χ1) is 9.62. The number of rotatable bonds is 1. The van der Waals surface area contributed by atoms with Crippen LogP contribution in [0, 0.1) is 11.3 Å². The molecule has 1 saturated carbocycles. The second kappa shape index (κ2) is 5.55. The quantitative estimate of drug-likeness (QED) is 0.755. The van der Waals surface area contributed by atoms with E-state index in [1.165, 1.54) is 32.1 Å². The van der Waals surface area contributed by atoms with Gasteiger partial charge in [-0.25, -0.2) is 0 Å². The molecule has 2 aliphatic rings. The van der Waals surface area contributed by atoms with E-state index in [1.807, 2.05) is 4.90 Å². The zero-order valence-corrected chi connectivity index (χ0v) is 13.6. The van der Waals surface area contributed by atoms with Crippen LogP contribution in [-0.4, -0.2) is 23.9 Å². The second-order valence-corrected chi connectivity index (χ2v) is 7.29. The van der Waals surface area contributed by atoms with E-state index in [2.05, 4.69) is 22.9 Å². The van der Waals surface area contributed by atoms with Crippen molar-refractivity contribution in [1.29, 1.82) is 0 Å². The lowest BCUT2D eigenvalue weighted by molar-refractivity contribution is 0.00525. The van der Waals surface area contributed by atoms with Crippen LogP contribution in [0.25, 0.3) is 0 Å². The van der Waals surface area contributed by atoms with Gasteiger partial charge in [-0.05, 0) is 52.6 Å². The summed E-state index contributed by atoms with van der Waals surface area (Å²) >= 11 is 3.39. The number of nitrogens with zero attached hydrogens (tertiary/aromatic N) is 1. The molecule has 2 heterocycles. The number of carbonyl (C=O) groups excluding carboxylic acids is 1.